The molecule has 0 aliphatic heterocycles. The smallest absolute Gasteiger partial charge is 0.165 e. The van der Waals surface area contributed by atoms with Gasteiger partial charge in [0, 0.05) is 5.41 Å². The van der Waals surface area contributed by atoms with Crippen molar-refractivity contribution in [3.8, 4) is 0 Å². The summed E-state index contributed by atoms with van der Waals surface area (Å²) < 4.78 is 0. The van der Waals surface area contributed by atoms with Gasteiger partial charge >= 0.3 is 0 Å². The van der Waals surface area contributed by atoms with Crippen molar-refractivity contribution in [3.63, 3.8) is 0 Å². The molecule has 1 nitrogen and oxygen atoms in total. The first-order valence-electron chi connectivity index (χ1n) is 4.02. The van der Waals surface area contributed by atoms with Gasteiger partial charge in [-0.1, -0.05) is 24.3 Å². The maximum absolute atomic E-state index is 11.4. The Morgan fingerprint density at radius 2 is 1.92 bits per heavy atom. The molecule has 0 bridgehead atoms. The Morgan fingerprint density at radius 1 is 1.33 bits per heavy atom. The molecule has 0 saturated carbocycles. The van der Waals surface area contributed by atoms with Crippen LogP contribution in [0.4, 0.5) is 0 Å². The van der Waals surface area contributed by atoms with Crippen LogP contribution in [0, 0.1) is 5.41 Å². The fraction of sp³-hybridized carbons (Fsp3) is 0.364. The summed E-state index contributed by atoms with van der Waals surface area (Å²) in [4.78, 5) is 11.4. The van der Waals surface area contributed by atoms with Crippen LogP contribution < -0.4 is 0 Å². The summed E-state index contributed by atoms with van der Waals surface area (Å²) in [5, 5.41) is 0. The molecule has 0 radical (unpaired) electrons. The van der Waals surface area contributed by atoms with E-state index in [0.29, 0.717) is 0 Å². The van der Waals surface area contributed by atoms with Crippen LogP contribution in [0.5, 0.6) is 0 Å². The number of hydrogen-bond acceptors (Lipinski definition) is 1. The highest BCUT2D eigenvalue weighted by Gasteiger charge is 2.20. The summed E-state index contributed by atoms with van der Waals surface area (Å²) >= 11 is 0. The number of ketones is 1. The highest BCUT2D eigenvalue weighted by Crippen LogP contribution is 2.17. The Balaban J connectivity index is 4.31. The molecular formula is C11H16O. The van der Waals surface area contributed by atoms with E-state index in [1.165, 1.54) is 0 Å². The molecule has 0 rings (SSSR count). The van der Waals surface area contributed by atoms with Gasteiger partial charge in [0.2, 0.25) is 0 Å². The highest BCUT2D eigenvalue weighted by atomic mass is 16.1. The summed E-state index contributed by atoms with van der Waals surface area (Å²) in [6.07, 6.45) is 8.69. The average Bonchev–Trinajstić information content (AvgIpc) is 2.05. The fourth-order valence-electron chi connectivity index (χ4n) is 0.569. The van der Waals surface area contributed by atoms with Gasteiger partial charge in [-0.3, -0.25) is 4.79 Å². The number of hydrogen-bond donors (Lipinski definition) is 0. The molecule has 0 aromatic heterocycles. The molecule has 0 atom stereocenters. The van der Waals surface area contributed by atoms with Crippen molar-refractivity contribution >= 4 is 5.78 Å². The molecule has 0 aliphatic carbocycles. The maximum Gasteiger partial charge on any atom is 0.165 e. The van der Waals surface area contributed by atoms with Crippen molar-refractivity contribution in [2.75, 3.05) is 0 Å². The fourth-order valence-corrected chi connectivity index (χ4v) is 0.569. The zero-order chi connectivity index (χ0) is 9.61. The minimum atomic E-state index is -0.446. The molecule has 0 amide bonds. The van der Waals surface area contributed by atoms with E-state index in [2.05, 4.69) is 6.58 Å². The van der Waals surface area contributed by atoms with Gasteiger partial charge in [0.15, 0.2) is 5.78 Å². The number of allylic oxidation sites excluding steroid dienone is 5. The largest absolute Gasteiger partial charge is 0.294 e. The number of carbonyl (C=O) groups excluding carboxylic acids is 1. The van der Waals surface area contributed by atoms with E-state index in [9.17, 15) is 4.79 Å². The van der Waals surface area contributed by atoms with Crippen molar-refractivity contribution in [2.24, 2.45) is 5.41 Å². The lowest BCUT2D eigenvalue weighted by Gasteiger charge is -2.14. The minimum absolute atomic E-state index is 0.0793. The first-order chi connectivity index (χ1) is 5.54. The topological polar surface area (TPSA) is 17.1 Å². The standard InChI is InChI=1S/C11H16O/c1-5-7-8-9-10(12)11(3,4)6-2/h5-9H,2H2,1,3-4H3/b7-5+,9-8+. The van der Waals surface area contributed by atoms with Crippen molar-refractivity contribution in [1.29, 1.82) is 0 Å². The van der Waals surface area contributed by atoms with Gasteiger partial charge in [-0.15, -0.1) is 6.58 Å². The Bertz CT molecular complexity index is 219. The van der Waals surface area contributed by atoms with Gasteiger partial charge < -0.3 is 0 Å². The highest BCUT2D eigenvalue weighted by molar-refractivity contribution is 5.95. The third kappa shape index (κ3) is 3.33. The predicted molar refractivity (Wildman–Crippen MR) is 52.9 cm³/mol. The molecule has 0 spiro atoms. The van der Waals surface area contributed by atoms with Crippen molar-refractivity contribution in [2.45, 2.75) is 20.8 Å². The lowest BCUT2D eigenvalue weighted by atomic mass is 9.88. The molecule has 0 N–H and O–H groups in total. The monoisotopic (exact) mass is 164 g/mol. The van der Waals surface area contributed by atoms with Crippen molar-refractivity contribution in [1.82, 2.24) is 0 Å². The zero-order valence-electron chi connectivity index (χ0n) is 8.00. The Morgan fingerprint density at radius 3 is 2.33 bits per heavy atom. The summed E-state index contributed by atoms with van der Waals surface area (Å²) in [5.74, 6) is 0.0793. The first-order valence-corrected chi connectivity index (χ1v) is 4.02. The van der Waals surface area contributed by atoms with Crippen LogP contribution in [-0.4, -0.2) is 5.78 Å². The minimum Gasteiger partial charge on any atom is -0.294 e. The van der Waals surface area contributed by atoms with E-state index in [1.54, 1.807) is 18.2 Å². The van der Waals surface area contributed by atoms with Gasteiger partial charge in [-0.05, 0) is 26.8 Å². The average molecular weight is 164 g/mol. The van der Waals surface area contributed by atoms with Gasteiger partial charge in [0.25, 0.3) is 0 Å². The molecule has 0 aromatic carbocycles. The Labute approximate surface area is 74.5 Å². The van der Waals surface area contributed by atoms with Gasteiger partial charge in [0.05, 0.1) is 0 Å². The summed E-state index contributed by atoms with van der Waals surface area (Å²) in [7, 11) is 0. The second-order valence-corrected chi connectivity index (χ2v) is 3.17. The van der Waals surface area contributed by atoms with Gasteiger partial charge in [-0.2, -0.15) is 0 Å². The lowest BCUT2D eigenvalue weighted by molar-refractivity contribution is -0.120. The molecule has 0 heterocycles. The second kappa shape index (κ2) is 4.70. The first kappa shape index (κ1) is 10.9. The van der Waals surface area contributed by atoms with Gasteiger partial charge in [-0.25, -0.2) is 0 Å². The van der Waals surface area contributed by atoms with Crippen LogP contribution >= 0.6 is 0 Å². The van der Waals surface area contributed by atoms with Crippen LogP contribution in [0.1, 0.15) is 20.8 Å². The number of rotatable bonds is 4. The van der Waals surface area contributed by atoms with Crippen molar-refractivity contribution in [3.05, 3.63) is 37.0 Å². The zero-order valence-corrected chi connectivity index (χ0v) is 8.00. The van der Waals surface area contributed by atoms with Crippen molar-refractivity contribution < 1.29 is 4.79 Å². The van der Waals surface area contributed by atoms with E-state index >= 15 is 0 Å². The van der Waals surface area contributed by atoms with E-state index in [4.69, 9.17) is 0 Å². The van der Waals surface area contributed by atoms with Crippen LogP contribution in [0.15, 0.2) is 37.0 Å². The molecule has 0 saturated heterocycles. The molecule has 0 aliphatic rings. The molecule has 66 valence electrons. The molecule has 1 heteroatoms. The van der Waals surface area contributed by atoms with Crippen LogP contribution in [0.2, 0.25) is 0 Å². The normalized spacial score (nSPS) is 12.6. The summed E-state index contributed by atoms with van der Waals surface area (Å²) in [6.45, 7) is 9.22. The third-order valence-electron chi connectivity index (χ3n) is 1.70. The third-order valence-corrected chi connectivity index (χ3v) is 1.70. The lowest BCUT2D eigenvalue weighted by Crippen LogP contribution is -2.18. The van der Waals surface area contributed by atoms with E-state index in [-0.39, 0.29) is 5.78 Å². The van der Waals surface area contributed by atoms with E-state index in [0.717, 1.165) is 0 Å². The number of carbonyl (C=O) groups is 1. The SMILES string of the molecule is C=CC(C)(C)C(=O)/C=C/C=C/C. The molecular weight excluding hydrogens is 148 g/mol. The van der Waals surface area contributed by atoms with E-state index in [1.807, 2.05) is 32.9 Å². The van der Waals surface area contributed by atoms with Crippen LogP contribution in [-0.2, 0) is 4.79 Å². The Hall–Kier alpha value is -1.11. The maximum atomic E-state index is 11.4. The quantitative estimate of drug-likeness (QED) is 0.355. The van der Waals surface area contributed by atoms with E-state index < -0.39 is 5.41 Å². The molecule has 0 unspecified atom stereocenters. The van der Waals surface area contributed by atoms with Gasteiger partial charge in [0.1, 0.15) is 0 Å². The molecule has 0 aromatic rings. The predicted octanol–water partition coefficient (Wildman–Crippen LogP) is 2.90. The summed E-state index contributed by atoms with van der Waals surface area (Å²) in [6, 6.07) is 0. The summed E-state index contributed by atoms with van der Waals surface area (Å²) in [5.41, 5.74) is -0.446. The molecule has 0 fully saturated rings. The van der Waals surface area contributed by atoms with Crippen LogP contribution in [0.25, 0.3) is 0 Å². The Kier molecular flexibility index (Phi) is 4.27. The molecule has 12 heavy (non-hydrogen) atoms. The van der Waals surface area contributed by atoms with Crippen LogP contribution in [0.3, 0.4) is 0 Å². The second-order valence-electron chi connectivity index (χ2n) is 3.17.